The molecule has 1 unspecified atom stereocenters. The van der Waals surface area contributed by atoms with E-state index < -0.39 is 5.97 Å². The maximum atomic E-state index is 11.1. The highest BCUT2D eigenvalue weighted by atomic mass is 79.9. The number of carboxylic acid groups (broad SMARTS) is 1. The highest BCUT2D eigenvalue weighted by Gasteiger charge is 2.17. The van der Waals surface area contributed by atoms with Gasteiger partial charge in [0.2, 0.25) is 0 Å². The summed E-state index contributed by atoms with van der Waals surface area (Å²) in [5, 5.41) is 9.81. The van der Waals surface area contributed by atoms with Crippen LogP contribution in [0.25, 0.3) is 0 Å². The molecule has 0 saturated heterocycles. The minimum atomic E-state index is -0.770. The van der Waals surface area contributed by atoms with Crippen LogP contribution >= 0.6 is 15.9 Å². The largest absolute Gasteiger partial charge is 0.497 e. The summed E-state index contributed by atoms with van der Waals surface area (Å²) in [6, 6.07) is 15.9. The Bertz CT molecular complexity index is 654. The Morgan fingerprint density at radius 1 is 0.963 bits per heavy atom. The van der Waals surface area contributed by atoms with Crippen molar-refractivity contribution in [1.82, 2.24) is 4.90 Å². The van der Waals surface area contributed by atoms with Gasteiger partial charge in [0, 0.05) is 25.0 Å². The van der Waals surface area contributed by atoms with E-state index in [0.29, 0.717) is 11.9 Å². The van der Waals surface area contributed by atoms with E-state index in [0.717, 1.165) is 35.7 Å². The van der Waals surface area contributed by atoms with E-state index in [4.69, 9.17) is 14.6 Å². The number of methoxy groups -OCH3 is 2. The zero-order chi connectivity index (χ0) is 19.6. The molecule has 0 aliphatic rings. The number of nitrogens with zero attached hydrogens (tertiary/aromatic N) is 1. The fourth-order valence-corrected chi connectivity index (χ4v) is 3.38. The molecule has 2 aromatic carbocycles. The topological polar surface area (TPSA) is 59.0 Å². The monoisotopic (exact) mass is 435 g/mol. The lowest BCUT2D eigenvalue weighted by molar-refractivity contribution is -0.138. The molecule has 6 heteroatoms. The van der Waals surface area contributed by atoms with Gasteiger partial charge in [0.05, 0.1) is 20.6 Å². The molecule has 27 heavy (non-hydrogen) atoms. The first-order chi connectivity index (χ1) is 13.0. The van der Waals surface area contributed by atoms with E-state index in [2.05, 4.69) is 20.8 Å². The normalized spacial score (nSPS) is 12.0. The molecule has 146 valence electrons. The fourth-order valence-electron chi connectivity index (χ4n) is 2.94. The second-order valence-electron chi connectivity index (χ2n) is 6.48. The molecule has 0 aliphatic heterocycles. The van der Waals surface area contributed by atoms with E-state index in [1.807, 2.05) is 48.5 Å². The molecule has 0 saturated carbocycles. The zero-order valence-corrected chi connectivity index (χ0v) is 17.3. The third-order valence-corrected chi connectivity index (χ3v) is 5.24. The smallest absolute Gasteiger partial charge is 0.303 e. The van der Waals surface area contributed by atoms with Crippen molar-refractivity contribution in [3.63, 3.8) is 0 Å². The Labute approximate surface area is 169 Å². The van der Waals surface area contributed by atoms with Gasteiger partial charge in [0.1, 0.15) is 11.5 Å². The molecule has 0 amide bonds. The average molecular weight is 436 g/mol. The molecule has 0 fully saturated rings. The number of hydrogen-bond donors (Lipinski definition) is 1. The second kappa shape index (κ2) is 10.9. The summed E-state index contributed by atoms with van der Waals surface area (Å²) in [5.74, 6) is 0.918. The van der Waals surface area contributed by atoms with Crippen LogP contribution in [0.1, 0.15) is 17.5 Å². The van der Waals surface area contributed by atoms with Crippen molar-refractivity contribution in [2.45, 2.75) is 19.5 Å². The summed E-state index contributed by atoms with van der Waals surface area (Å²) in [7, 11) is 3.30. The fraction of sp³-hybridized carbons (Fsp3) is 0.381. The van der Waals surface area contributed by atoms with Crippen LogP contribution in [0.15, 0.2) is 48.5 Å². The molecule has 1 N–H and O–H groups in total. The van der Waals surface area contributed by atoms with Gasteiger partial charge in [-0.05, 0) is 41.3 Å². The molecule has 0 aliphatic carbocycles. The predicted molar refractivity (Wildman–Crippen MR) is 110 cm³/mol. The molecule has 0 aromatic heterocycles. The Morgan fingerprint density at radius 3 is 1.74 bits per heavy atom. The number of rotatable bonds is 11. The van der Waals surface area contributed by atoms with Crippen LogP contribution < -0.4 is 9.47 Å². The van der Waals surface area contributed by atoms with Crippen molar-refractivity contribution in [3.8, 4) is 11.5 Å². The number of aliphatic carboxylic acids is 1. The summed E-state index contributed by atoms with van der Waals surface area (Å²) in [5.41, 5.74) is 2.32. The predicted octanol–water partition coefficient (Wildman–Crippen LogP) is 4.19. The molecular weight excluding hydrogens is 410 g/mol. The highest BCUT2D eigenvalue weighted by molar-refractivity contribution is 9.09. The number of ether oxygens (including phenoxy) is 2. The molecule has 2 rings (SSSR count). The first kappa shape index (κ1) is 21.3. The van der Waals surface area contributed by atoms with Gasteiger partial charge in [0.15, 0.2) is 0 Å². The van der Waals surface area contributed by atoms with Gasteiger partial charge in [-0.3, -0.25) is 9.69 Å². The standard InChI is InChI=1S/C21H26BrNO4/c1-26-19-7-3-16(4-8-19)13-23(15-18(12-22)11-21(24)25)14-17-5-9-20(27-2)10-6-17/h3-10,18H,11-15H2,1-2H3,(H,24,25). The minimum Gasteiger partial charge on any atom is -0.497 e. The molecular formula is C21H26BrNO4. The summed E-state index contributed by atoms with van der Waals surface area (Å²) in [6.45, 7) is 2.16. The van der Waals surface area contributed by atoms with E-state index in [9.17, 15) is 4.79 Å². The van der Waals surface area contributed by atoms with Crippen LogP contribution in [-0.4, -0.2) is 42.1 Å². The lowest BCUT2D eigenvalue weighted by Crippen LogP contribution is -2.30. The van der Waals surface area contributed by atoms with Crippen LogP contribution in [-0.2, 0) is 17.9 Å². The van der Waals surface area contributed by atoms with E-state index in [1.165, 1.54) is 0 Å². The van der Waals surface area contributed by atoms with Gasteiger partial charge in [-0.1, -0.05) is 40.2 Å². The summed E-state index contributed by atoms with van der Waals surface area (Å²) in [4.78, 5) is 13.4. The number of carbonyl (C=O) groups is 1. The van der Waals surface area contributed by atoms with E-state index >= 15 is 0 Å². The van der Waals surface area contributed by atoms with Crippen LogP contribution in [0.4, 0.5) is 0 Å². The number of carboxylic acids is 1. The van der Waals surface area contributed by atoms with Gasteiger partial charge >= 0.3 is 5.97 Å². The Morgan fingerprint density at radius 2 is 1.41 bits per heavy atom. The molecule has 0 bridgehead atoms. The lowest BCUT2D eigenvalue weighted by atomic mass is 10.1. The van der Waals surface area contributed by atoms with Gasteiger partial charge in [-0.25, -0.2) is 0 Å². The maximum absolute atomic E-state index is 11.1. The zero-order valence-electron chi connectivity index (χ0n) is 15.7. The van der Waals surface area contributed by atoms with E-state index in [-0.39, 0.29) is 12.3 Å². The van der Waals surface area contributed by atoms with Crippen molar-refractivity contribution < 1.29 is 19.4 Å². The Balaban J connectivity index is 2.13. The van der Waals surface area contributed by atoms with Crippen molar-refractivity contribution in [2.24, 2.45) is 5.92 Å². The quantitative estimate of drug-likeness (QED) is 0.536. The van der Waals surface area contributed by atoms with Crippen molar-refractivity contribution in [3.05, 3.63) is 59.7 Å². The van der Waals surface area contributed by atoms with Crippen LogP contribution in [0, 0.1) is 5.92 Å². The molecule has 5 nitrogen and oxygen atoms in total. The lowest BCUT2D eigenvalue weighted by Gasteiger charge is -2.26. The SMILES string of the molecule is COc1ccc(CN(Cc2ccc(OC)cc2)CC(CBr)CC(=O)O)cc1. The Kier molecular flexibility index (Phi) is 8.61. The number of halogens is 1. The number of alkyl halides is 1. The molecule has 0 radical (unpaired) electrons. The van der Waals surface area contributed by atoms with Gasteiger partial charge in [-0.2, -0.15) is 0 Å². The van der Waals surface area contributed by atoms with Gasteiger partial charge in [0.25, 0.3) is 0 Å². The van der Waals surface area contributed by atoms with Crippen LogP contribution in [0.2, 0.25) is 0 Å². The number of benzene rings is 2. The molecule has 2 aromatic rings. The molecule has 1 atom stereocenters. The molecule has 0 spiro atoms. The van der Waals surface area contributed by atoms with Crippen molar-refractivity contribution in [2.75, 3.05) is 26.1 Å². The van der Waals surface area contributed by atoms with Gasteiger partial charge in [-0.15, -0.1) is 0 Å². The highest BCUT2D eigenvalue weighted by Crippen LogP contribution is 2.19. The first-order valence-corrected chi connectivity index (χ1v) is 9.92. The summed E-state index contributed by atoms with van der Waals surface area (Å²) in [6.07, 6.45) is 0.146. The summed E-state index contributed by atoms with van der Waals surface area (Å²) >= 11 is 3.46. The van der Waals surface area contributed by atoms with Crippen LogP contribution in [0.5, 0.6) is 11.5 Å². The van der Waals surface area contributed by atoms with Crippen molar-refractivity contribution in [1.29, 1.82) is 0 Å². The number of hydrogen-bond acceptors (Lipinski definition) is 4. The molecule has 0 heterocycles. The van der Waals surface area contributed by atoms with Gasteiger partial charge < -0.3 is 14.6 Å². The van der Waals surface area contributed by atoms with Crippen LogP contribution in [0.3, 0.4) is 0 Å². The van der Waals surface area contributed by atoms with E-state index in [1.54, 1.807) is 14.2 Å². The summed E-state index contributed by atoms with van der Waals surface area (Å²) < 4.78 is 10.4. The average Bonchev–Trinajstić information content (AvgIpc) is 2.68. The maximum Gasteiger partial charge on any atom is 0.303 e. The minimum absolute atomic E-state index is 0.0407. The first-order valence-electron chi connectivity index (χ1n) is 8.80. The van der Waals surface area contributed by atoms with Crippen molar-refractivity contribution >= 4 is 21.9 Å². The third-order valence-electron chi connectivity index (χ3n) is 4.33. The third kappa shape index (κ3) is 7.23. The Hall–Kier alpha value is -2.05. The second-order valence-corrected chi connectivity index (χ2v) is 7.13.